The smallest absolute Gasteiger partial charge is 0.0887 e. The molecule has 0 saturated heterocycles. The van der Waals surface area contributed by atoms with Gasteiger partial charge in [-0.3, -0.25) is 0 Å². The number of aryl methyl sites for hydroxylation is 1. The van der Waals surface area contributed by atoms with E-state index >= 15 is 0 Å². The van der Waals surface area contributed by atoms with Gasteiger partial charge >= 0.3 is 0 Å². The summed E-state index contributed by atoms with van der Waals surface area (Å²) in [5, 5.41) is 0. The second-order valence-corrected chi connectivity index (χ2v) is 8.50. The molecule has 3 aliphatic rings. The molecule has 0 nitrogen and oxygen atoms in total. The van der Waals surface area contributed by atoms with Crippen molar-refractivity contribution in [3.8, 4) is 0 Å². The Morgan fingerprint density at radius 3 is 2.95 bits per heavy atom. The quantitative estimate of drug-likeness (QED) is 0.734. The van der Waals surface area contributed by atoms with Gasteiger partial charge in [-0.25, -0.2) is 0 Å². The van der Waals surface area contributed by atoms with Crippen molar-refractivity contribution < 1.29 is 0 Å². The SMILES string of the molecule is Bc1cccc(CCCC23CCCC4CC(CC4C2)C3)c1. The lowest BCUT2D eigenvalue weighted by Gasteiger charge is -2.40. The fourth-order valence-corrected chi connectivity index (χ4v) is 6.17. The highest BCUT2D eigenvalue weighted by Crippen LogP contribution is 2.60. The predicted octanol–water partition coefficient (Wildman–Crippen LogP) is 3.87. The number of rotatable bonds is 4. The molecule has 0 amide bonds. The summed E-state index contributed by atoms with van der Waals surface area (Å²) < 4.78 is 0. The van der Waals surface area contributed by atoms with E-state index in [1.807, 2.05) is 0 Å². The van der Waals surface area contributed by atoms with Crippen LogP contribution in [0.25, 0.3) is 0 Å². The van der Waals surface area contributed by atoms with Crippen LogP contribution in [0.3, 0.4) is 0 Å². The van der Waals surface area contributed by atoms with Crippen LogP contribution in [0.1, 0.15) is 63.4 Å². The second kappa shape index (κ2) is 5.49. The lowest BCUT2D eigenvalue weighted by molar-refractivity contribution is 0.109. The summed E-state index contributed by atoms with van der Waals surface area (Å²) in [7, 11) is 2.21. The van der Waals surface area contributed by atoms with Crippen molar-refractivity contribution >= 4 is 13.3 Å². The van der Waals surface area contributed by atoms with Crippen LogP contribution in [0.15, 0.2) is 24.3 Å². The Bertz CT molecular complexity index is 508. The van der Waals surface area contributed by atoms with Gasteiger partial charge in [-0.15, -0.1) is 0 Å². The Kier molecular flexibility index (Phi) is 3.63. The highest BCUT2D eigenvalue weighted by Gasteiger charge is 2.48. The molecule has 1 heteroatoms. The van der Waals surface area contributed by atoms with Crippen molar-refractivity contribution in [2.45, 2.75) is 64.2 Å². The highest BCUT2D eigenvalue weighted by molar-refractivity contribution is 6.32. The standard InChI is InChI=1S/C20H29B/c21-19-7-1-4-15(12-19)5-2-8-20-9-3-6-17-10-16(13-20)11-18(17)14-20/h1,4,7,12,16-18H,2-3,5-6,8-11,13-14,21H2. The van der Waals surface area contributed by atoms with Gasteiger partial charge in [-0.05, 0) is 80.1 Å². The summed E-state index contributed by atoms with van der Waals surface area (Å²) in [4.78, 5) is 0. The summed E-state index contributed by atoms with van der Waals surface area (Å²) in [6.07, 6.45) is 15.2. The third-order valence-electron chi connectivity index (χ3n) is 6.89. The largest absolute Gasteiger partial charge is 0.139 e. The van der Waals surface area contributed by atoms with Crippen LogP contribution < -0.4 is 5.46 Å². The van der Waals surface area contributed by atoms with E-state index in [1.165, 1.54) is 31.1 Å². The van der Waals surface area contributed by atoms with Crippen LogP contribution in [0.4, 0.5) is 0 Å². The van der Waals surface area contributed by atoms with Crippen molar-refractivity contribution in [3.05, 3.63) is 29.8 Å². The molecule has 3 saturated carbocycles. The molecule has 1 aromatic rings. The zero-order valence-electron chi connectivity index (χ0n) is 13.6. The monoisotopic (exact) mass is 280 g/mol. The van der Waals surface area contributed by atoms with Gasteiger partial charge in [0, 0.05) is 0 Å². The first-order chi connectivity index (χ1) is 10.2. The normalized spacial score (nSPS) is 37.6. The number of benzene rings is 1. The first kappa shape index (κ1) is 13.9. The molecule has 4 rings (SSSR count). The van der Waals surface area contributed by atoms with E-state index in [9.17, 15) is 0 Å². The van der Waals surface area contributed by atoms with E-state index in [1.54, 1.807) is 44.1 Å². The minimum Gasteiger partial charge on any atom is -0.0887 e. The molecule has 21 heavy (non-hydrogen) atoms. The Morgan fingerprint density at radius 1 is 1.14 bits per heavy atom. The fraction of sp³-hybridized carbons (Fsp3) is 0.700. The van der Waals surface area contributed by atoms with Crippen molar-refractivity contribution in [1.29, 1.82) is 0 Å². The van der Waals surface area contributed by atoms with Crippen LogP contribution in [0, 0.1) is 23.2 Å². The molecule has 1 aromatic carbocycles. The molecule has 0 aliphatic heterocycles. The summed E-state index contributed by atoms with van der Waals surface area (Å²) in [6, 6.07) is 9.14. The fourth-order valence-electron chi connectivity index (χ4n) is 6.17. The van der Waals surface area contributed by atoms with Gasteiger partial charge in [0.2, 0.25) is 0 Å². The molecule has 4 atom stereocenters. The average molecular weight is 280 g/mol. The highest BCUT2D eigenvalue weighted by atomic mass is 14.5. The average Bonchev–Trinajstić information content (AvgIpc) is 2.66. The minimum absolute atomic E-state index is 0.753. The van der Waals surface area contributed by atoms with Crippen LogP contribution in [0.2, 0.25) is 0 Å². The zero-order chi connectivity index (χ0) is 14.3. The topological polar surface area (TPSA) is 0 Å². The summed E-state index contributed by atoms with van der Waals surface area (Å²) >= 11 is 0. The van der Waals surface area contributed by atoms with E-state index in [0.717, 1.165) is 23.2 Å². The molecule has 0 heterocycles. The van der Waals surface area contributed by atoms with Gasteiger partial charge in [-0.2, -0.15) is 0 Å². The van der Waals surface area contributed by atoms with Crippen molar-refractivity contribution in [2.24, 2.45) is 23.2 Å². The van der Waals surface area contributed by atoms with Gasteiger partial charge in [0.25, 0.3) is 0 Å². The first-order valence-corrected chi connectivity index (χ1v) is 9.28. The molecule has 112 valence electrons. The van der Waals surface area contributed by atoms with Gasteiger partial charge in [0.1, 0.15) is 7.85 Å². The Morgan fingerprint density at radius 2 is 2.05 bits per heavy atom. The summed E-state index contributed by atoms with van der Waals surface area (Å²) in [6.45, 7) is 0. The van der Waals surface area contributed by atoms with E-state index < -0.39 is 0 Å². The van der Waals surface area contributed by atoms with E-state index in [0.29, 0.717) is 0 Å². The van der Waals surface area contributed by atoms with Crippen LogP contribution in [-0.2, 0) is 6.42 Å². The van der Waals surface area contributed by atoms with Crippen LogP contribution in [-0.4, -0.2) is 7.85 Å². The lowest BCUT2D eigenvalue weighted by Crippen LogP contribution is -2.29. The maximum Gasteiger partial charge on any atom is 0.139 e. The first-order valence-electron chi connectivity index (χ1n) is 9.28. The summed E-state index contributed by atoms with van der Waals surface area (Å²) in [5.74, 6) is 3.34. The molecule has 0 radical (unpaired) electrons. The Balaban J connectivity index is 1.40. The summed E-state index contributed by atoms with van der Waals surface area (Å²) in [5.41, 5.74) is 3.72. The molecule has 0 spiro atoms. The number of hydrogen-bond donors (Lipinski definition) is 0. The van der Waals surface area contributed by atoms with Crippen LogP contribution in [0.5, 0.6) is 0 Å². The third-order valence-corrected chi connectivity index (χ3v) is 6.89. The van der Waals surface area contributed by atoms with Gasteiger partial charge < -0.3 is 0 Å². The molecule has 0 N–H and O–H groups in total. The molecule has 4 unspecified atom stereocenters. The minimum atomic E-state index is 0.753. The third kappa shape index (κ3) is 2.81. The molecule has 3 fully saturated rings. The van der Waals surface area contributed by atoms with Crippen LogP contribution >= 0.6 is 0 Å². The maximum absolute atomic E-state index is 2.38. The molecular formula is C20H29B. The lowest BCUT2D eigenvalue weighted by atomic mass is 9.65. The van der Waals surface area contributed by atoms with Crippen molar-refractivity contribution in [3.63, 3.8) is 0 Å². The van der Waals surface area contributed by atoms with Gasteiger partial charge in [0.15, 0.2) is 0 Å². The number of hydrogen-bond acceptors (Lipinski definition) is 0. The number of fused-ring (bicyclic) bond motifs is 2. The molecule has 3 aliphatic carbocycles. The predicted molar refractivity (Wildman–Crippen MR) is 92.8 cm³/mol. The van der Waals surface area contributed by atoms with E-state index in [-0.39, 0.29) is 0 Å². The maximum atomic E-state index is 2.38. The van der Waals surface area contributed by atoms with Crippen molar-refractivity contribution in [2.75, 3.05) is 0 Å². The van der Waals surface area contributed by atoms with Gasteiger partial charge in [0.05, 0.1) is 0 Å². The molecular weight excluding hydrogens is 251 g/mol. The second-order valence-electron chi connectivity index (χ2n) is 8.50. The van der Waals surface area contributed by atoms with Crippen molar-refractivity contribution in [1.82, 2.24) is 0 Å². The molecule has 3 bridgehead atoms. The van der Waals surface area contributed by atoms with E-state index in [4.69, 9.17) is 0 Å². The molecule has 0 aromatic heterocycles. The Labute approximate surface area is 131 Å². The van der Waals surface area contributed by atoms with E-state index in [2.05, 4.69) is 32.1 Å². The van der Waals surface area contributed by atoms with Gasteiger partial charge in [-0.1, -0.05) is 42.6 Å². The Hall–Kier alpha value is -0.715. The zero-order valence-corrected chi connectivity index (χ0v) is 13.6.